The van der Waals surface area contributed by atoms with Crippen LogP contribution in [0, 0.1) is 6.92 Å². The van der Waals surface area contributed by atoms with Crippen LogP contribution >= 0.6 is 11.3 Å². The predicted octanol–water partition coefficient (Wildman–Crippen LogP) is 3.63. The van der Waals surface area contributed by atoms with Crippen molar-refractivity contribution in [2.75, 3.05) is 23.1 Å². The van der Waals surface area contributed by atoms with Gasteiger partial charge in [0.2, 0.25) is 10.0 Å². The molecule has 0 bridgehead atoms. The maximum absolute atomic E-state index is 12.4. The largest absolute Gasteiger partial charge is 0.352 e. The number of benzene rings is 2. The number of rotatable bonds is 6. The van der Waals surface area contributed by atoms with Crippen molar-refractivity contribution in [3.05, 3.63) is 70.0 Å². The molecule has 0 aliphatic carbocycles. The minimum absolute atomic E-state index is 0.166. The summed E-state index contributed by atoms with van der Waals surface area (Å²) in [7, 11) is -3.21. The second-order valence-corrected chi connectivity index (χ2v) is 10.3. The van der Waals surface area contributed by atoms with Crippen LogP contribution in [0.5, 0.6) is 0 Å². The maximum atomic E-state index is 12.4. The van der Waals surface area contributed by atoms with Crippen LogP contribution in [-0.2, 0) is 16.4 Å². The van der Waals surface area contributed by atoms with Gasteiger partial charge in [0.15, 0.2) is 0 Å². The van der Waals surface area contributed by atoms with E-state index in [9.17, 15) is 13.2 Å². The standard InChI is InChI=1S/C22H23N3O3S2/c1-16-24-21(15-29-16)18-5-3-17(4-6-18)11-12-23-22(26)19-7-9-20(10-8-19)25-13-2-14-30(25,27)28/h3-10,15H,2,11-14H2,1H3,(H,23,26). The zero-order chi connectivity index (χ0) is 21.1. The molecule has 156 valence electrons. The van der Waals surface area contributed by atoms with Crippen molar-refractivity contribution in [2.45, 2.75) is 19.8 Å². The summed E-state index contributed by atoms with van der Waals surface area (Å²) in [5.74, 6) is 0.0139. The maximum Gasteiger partial charge on any atom is 0.251 e. The first-order valence-electron chi connectivity index (χ1n) is 9.82. The van der Waals surface area contributed by atoms with E-state index in [1.54, 1.807) is 35.6 Å². The molecule has 1 aliphatic rings. The average molecular weight is 442 g/mol. The predicted molar refractivity (Wildman–Crippen MR) is 121 cm³/mol. The minimum atomic E-state index is -3.21. The number of carbonyl (C=O) groups is 1. The molecule has 4 rings (SSSR count). The van der Waals surface area contributed by atoms with E-state index >= 15 is 0 Å². The van der Waals surface area contributed by atoms with Gasteiger partial charge in [-0.2, -0.15) is 0 Å². The van der Waals surface area contributed by atoms with Gasteiger partial charge in [-0.05, 0) is 49.6 Å². The van der Waals surface area contributed by atoms with Crippen molar-refractivity contribution in [1.29, 1.82) is 0 Å². The zero-order valence-corrected chi connectivity index (χ0v) is 18.3. The van der Waals surface area contributed by atoms with E-state index in [0.717, 1.165) is 28.2 Å². The first-order chi connectivity index (χ1) is 14.4. The van der Waals surface area contributed by atoms with E-state index in [-0.39, 0.29) is 11.7 Å². The number of aryl methyl sites for hydroxylation is 1. The van der Waals surface area contributed by atoms with Crippen molar-refractivity contribution in [2.24, 2.45) is 0 Å². The summed E-state index contributed by atoms with van der Waals surface area (Å²) in [4.78, 5) is 16.9. The highest BCUT2D eigenvalue weighted by atomic mass is 32.2. The molecule has 1 aromatic heterocycles. The molecule has 1 amide bonds. The molecule has 0 unspecified atom stereocenters. The Morgan fingerprint density at radius 3 is 2.47 bits per heavy atom. The Morgan fingerprint density at radius 1 is 1.13 bits per heavy atom. The summed E-state index contributed by atoms with van der Waals surface area (Å²) < 4.78 is 25.4. The van der Waals surface area contributed by atoms with Gasteiger partial charge in [0.1, 0.15) is 0 Å². The number of aromatic nitrogens is 1. The van der Waals surface area contributed by atoms with Crippen molar-refractivity contribution >= 4 is 33.0 Å². The monoisotopic (exact) mass is 441 g/mol. The van der Waals surface area contributed by atoms with Crippen molar-refractivity contribution in [3.8, 4) is 11.3 Å². The highest BCUT2D eigenvalue weighted by Crippen LogP contribution is 2.24. The van der Waals surface area contributed by atoms with Crippen LogP contribution in [0.1, 0.15) is 27.3 Å². The van der Waals surface area contributed by atoms with Gasteiger partial charge in [0, 0.05) is 29.6 Å². The Labute approximate surface area is 180 Å². The lowest BCUT2D eigenvalue weighted by Gasteiger charge is -2.17. The van der Waals surface area contributed by atoms with Gasteiger partial charge in [0.05, 0.1) is 22.1 Å². The van der Waals surface area contributed by atoms with Crippen molar-refractivity contribution in [3.63, 3.8) is 0 Å². The third-order valence-corrected chi connectivity index (χ3v) is 7.73. The topological polar surface area (TPSA) is 79.4 Å². The lowest BCUT2D eigenvalue weighted by molar-refractivity contribution is 0.0954. The number of nitrogens with zero attached hydrogens (tertiary/aromatic N) is 2. The molecule has 0 saturated carbocycles. The Kier molecular flexibility index (Phi) is 5.87. The number of sulfonamides is 1. The molecule has 0 atom stereocenters. The Balaban J connectivity index is 1.30. The van der Waals surface area contributed by atoms with Crippen molar-refractivity contribution in [1.82, 2.24) is 10.3 Å². The second-order valence-electron chi connectivity index (χ2n) is 7.24. The second kappa shape index (κ2) is 8.57. The van der Waals surface area contributed by atoms with Gasteiger partial charge in [-0.15, -0.1) is 11.3 Å². The number of nitrogens with one attached hydrogen (secondary N) is 1. The fraction of sp³-hybridized carbons (Fsp3) is 0.273. The lowest BCUT2D eigenvalue weighted by Crippen LogP contribution is -2.26. The molecule has 1 aliphatic heterocycles. The Bertz CT molecular complexity index is 1140. The molecule has 2 heterocycles. The van der Waals surface area contributed by atoms with Gasteiger partial charge < -0.3 is 5.32 Å². The quantitative estimate of drug-likeness (QED) is 0.634. The summed E-state index contributed by atoms with van der Waals surface area (Å²) in [6.07, 6.45) is 1.36. The summed E-state index contributed by atoms with van der Waals surface area (Å²) in [5, 5.41) is 6.02. The molecule has 1 fully saturated rings. The molecule has 1 N–H and O–H groups in total. The van der Waals surface area contributed by atoms with E-state index in [1.165, 1.54) is 4.31 Å². The molecule has 1 saturated heterocycles. The molecule has 30 heavy (non-hydrogen) atoms. The van der Waals surface area contributed by atoms with Gasteiger partial charge in [-0.25, -0.2) is 13.4 Å². The lowest BCUT2D eigenvalue weighted by atomic mass is 10.1. The van der Waals surface area contributed by atoms with E-state index in [2.05, 4.69) is 39.9 Å². The summed E-state index contributed by atoms with van der Waals surface area (Å²) >= 11 is 1.64. The summed E-state index contributed by atoms with van der Waals surface area (Å²) in [6.45, 7) is 3.01. The van der Waals surface area contributed by atoms with Crippen LogP contribution < -0.4 is 9.62 Å². The van der Waals surface area contributed by atoms with Gasteiger partial charge in [-0.3, -0.25) is 9.10 Å². The molecule has 2 aromatic carbocycles. The summed E-state index contributed by atoms with van der Waals surface area (Å²) in [5.41, 5.74) is 4.35. The fourth-order valence-electron chi connectivity index (χ4n) is 3.47. The number of hydrogen-bond donors (Lipinski definition) is 1. The molecule has 6 nitrogen and oxygen atoms in total. The third-order valence-electron chi connectivity index (χ3n) is 5.08. The van der Waals surface area contributed by atoms with Gasteiger partial charge in [0.25, 0.3) is 5.91 Å². The normalized spacial score (nSPS) is 15.3. The molecule has 3 aromatic rings. The molecular weight excluding hydrogens is 418 g/mol. The fourth-order valence-corrected chi connectivity index (χ4v) is 5.66. The number of hydrogen-bond acceptors (Lipinski definition) is 5. The number of carbonyl (C=O) groups excluding carboxylic acids is 1. The van der Waals surface area contributed by atoms with E-state index in [4.69, 9.17) is 0 Å². The SMILES string of the molecule is Cc1nc(-c2ccc(CCNC(=O)c3ccc(N4CCCS4(=O)=O)cc3)cc2)cs1. The van der Waals surface area contributed by atoms with Crippen LogP contribution in [0.2, 0.25) is 0 Å². The zero-order valence-electron chi connectivity index (χ0n) is 16.7. The average Bonchev–Trinajstić information content (AvgIpc) is 3.33. The summed E-state index contributed by atoms with van der Waals surface area (Å²) in [6, 6.07) is 14.9. The van der Waals surface area contributed by atoms with E-state index < -0.39 is 10.0 Å². The Hall–Kier alpha value is -2.71. The Morgan fingerprint density at radius 2 is 1.87 bits per heavy atom. The molecule has 0 radical (unpaired) electrons. The van der Waals surface area contributed by atoms with Crippen LogP contribution in [0.15, 0.2) is 53.9 Å². The van der Waals surface area contributed by atoms with Crippen molar-refractivity contribution < 1.29 is 13.2 Å². The molecule has 0 spiro atoms. The number of thiazole rings is 1. The first kappa shape index (κ1) is 20.6. The number of amides is 1. The smallest absolute Gasteiger partial charge is 0.251 e. The highest BCUT2D eigenvalue weighted by Gasteiger charge is 2.28. The number of anilines is 1. The minimum Gasteiger partial charge on any atom is -0.352 e. The van der Waals surface area contributed by atoms with Crippen LogP contribution in [0.3, 0.4) is 0 Å². The van der Waals surface area contributed by atoms with E-state index in [0.29, 0.717) is 30.8 Å². The highest BCUT2D eigenvalue weighted by molar-refractivity contribution is 7.93. The molecular formula is C22H23N3O3S2. The molecule has 8 heteroatoms. The first-order valence-corrected chi connectivity index (χ1v) is 12.3. The van der Waals surface area contributed by atoms with E-state index in [1.807, 2.05) is 6.92 Å². The van der Waals surface area contributed by atoms with Gasteiger partial charge in [-0.1, -0.05) is 24.3 Å². The van der Waals surface area contributed by atoms with Crippen LogP contribution in [-0.4, -0.2) is 38.2 Å². The van der Waals surface area contributed by atoms with Gasteiger partial charge >= 0.3 is 0 Å². The third kappa shape index (κ3) is 4.55. The van der Waals surface area contributed by atoms with Crippen LogP contribution in [0.25, 0.3) is 11.3 Å². The van der Waals surface area contributed by atoms with Crippen LogP contribution in [0.4, 0.5) is 5.69 Å².